The normalized spacial score (nSPS) is 14.8. The van der Waals surface area contributed by atoms with Crippen molar-refractivity contribution in [2.24, 2.45) is 5.92 Å². The van der Waals surface area contributed by atoms with Crippen LogP contribution in [-0.2, 0) is 11.2 Å². The molecule has 1 amide bonds. The van der Waals surface area contributed by atoms with Crippen LogP contribution in [0.5, 0.6) is 0 Å². The van der Waals surface area contributed by atoms with Crippen LogP contribution in [0, 0.1) is 5.92 Å². The van der Waals surface area contributed by atoms with Crippen LogP contribution in [0.3, 0.4) is 0 Å². The molecule has 3 nitrogen and oxygen atoms in total. The van der Waals surface area contributed by atoms with Gasteiger partial charge in [-0.2, -0.15) is 23.5 Å². The summed E-state index contributed by atoms with van der Waals surface area (Å²) in [5.41, 5.74) is 1.11. The number of halogens is 1. The van der Waals surface area contributed by atoms with Crippen molar-refractivity contribution in [1.29, 1.82) is 0 Å². The van der Waals surface area contributed by atoms with Crippen molar-refractivity contribution >= 4 is 45.4 Å². The lowest BCUT2D eigenvalue weighted by molar-refractivity contribution is -0.122. The molecule has 0 fully saturated rings. The van der Waals surface area contributed by atoms with Crippen LogP contribution in [0.25, 0.3) is 0 Å². The molecule has 0 saturated carbocycles. The van der Waals surface area contributed by atoms with Gasteiger partial charge in [0.2, 0.25) is 5.91 Å². The number of aliphatic hydroxyl groups is 1. The number of aliphatic hydroxyl groups excluding tert-OH is 1. The molecule has 0 aliphatic rings. The first kappa shape index (κ1) is 24.9. The smallest absolute Gasteiger partial charge is 0.221 e. The molecule has 6 heteroatoms. The molecule has 0 saturated heterocycles. The minimum absolute atomic E-state index is 0.0171. The fourth-order valence-electron chi connectivity index (χ4n) is 2.75. The van der Waals surface area contributed by atoms with Crippen molar-refractivity contribution in [1.82, 2.24) is 5.32 Å². The number of hydrogen-bond acceptors (Lipinski definition) is 4. The third-order valence-corrected chi connectivity index (χ3v) is 6.70. The molecule has 0 aromatic heterocycles. The van der Waals surface area contributed by atoms with E-state index < -0.39 is 6.10 Å². The predicted molar refractivity (Wildman–Crippen MR) is 125 cm³/mol. The number of hydrogen-bond donors (Lipinski definition) is 2. The van der Waals surface area contributed by atoms with Gasteiger partial charge in [-0.05, 0) is 54.9 Å². The van der Waals surface area contributed by atoms with E-state index in [4.69, 9.17) is 0 Å². The Balaban J connectivity index is 2.68. The van der Waals surface area contributed by atoms with Gasteiger partial charge >= 0.3 is 0 Å². The van der Waals surface area contributed by atoms with Crippen LogP contribution in [-0.4, -0.2) is 46.2 Å². The van der Waals surface area contributed by atoms with Crippen molar-refractivity contribution in [2.75, 3.05) is 17.8 Å². The van der Waals surface area contributed by atoms with Gasteiger partial charge in [-0.1, -0.05) is 48.8 Å². The summed E-state index contributed by atoms with van der Waals surface area (Å²) in [4.78, 5) is 12.3. The van der Waals surface area contributed by atoms with Gasteiger partial charge in [0.05, 0.1) is 12.1 Å². The molecule has 0 bridgehead atoms. The minimum Gasteiger partial charge on any atom is -0.391 e. The molecule has 154 valence electrons. The van der Waals surface area contributed by atoms with Crippen LogP contribution in [0.2, 0.25) is 0 Å². The Kier molecular flexibility index (Phi) is 12.8. The molecule has 0 aliphatic heterocycles. The molecule has 1 aromatic carbocycles. The zero-order valence-corrected chi connectivity index (χ0v) is 20.1. The monoisotopic (exact) mass is 475 g/mol. The van der Waals surface area contributed by atoms with Crippen molar-refractivity contribution in [3.63, 3.8) is 0 Å². The molecule has 2 N–H and O–H groups in total. The van der Waals surface area contributed by atoms with E-state index >= 15 is 0 Å². The van der Waals surface area contributed by atoms with Crippen LogP contribution >= 0.6 is 39.5 Å². The zero-order chi connectivity index (χ0) is 20.2. The summed E-state index contributed by atoms with van der Waals surface area (Å²) >= 11 is 7.07. The van der Waals surface area contributed by atoms with Crippen LogP contribution in [0.4, 0.5) is 0 Å². The molecule has 0 spiro atoms. The summed E-state index contributed by atoms with van der Waals surface area (Å²) in [6, 6.07) is 7.80. The Bertz CT molecular complexity index is 557. The average molecular weight is 477 g/mol. The van der Waals surface area contributed by atoms with Gasteiger partial charge in [0.1, 0.15) is 0 Å². The number of nitrogens with one attached hydrogen (secondary N) is 1. The highest BCUT2D eigenvalue weighted by Gasteiger charge is 2.24. The van der Waals surface area contributed by atoms with Gasteiger partial charge in [-0.3, -0.25) is 4.79 Å². The zero-order valence-electron chi connectivity index (χ0n) is 16.9. The predicted octanol–water partition coefficient (Wildman–Crippen LogP) is 5.15. The van der Waals surface area contributed by atoms with E-state index in [1.165, 1.54) is 6.42 Å². The Hall–Kier alpha value is -0.170. The van der Waals surface area contributed by atoms with Crippen molar-refractivity contribution < 1.29 is 9.90 Å². The molecular weight excluding hydrogens is 442 g/mol. The minimum atomic E-state index is -0.552. The summed E-state index contributed by atoms with van der Waals surface area (Å²) in [6.07, 6.45) is 4.44. The largest absolute Gasteiger partial charge is 0.391 e. The third kappa shape index (κ3) is 11.4. The average Bonchev–Trinajstić information content (AvgIpc) is 2.59. The maximum absolute atomic E-state index is 12.3. The Morgan fingerprint density at radius 1 is 1.26 bits per heavy atom. The molecular formula is C21H34BrNO2S2. The first-order valence-electron chi connectivity index (χ1n) is 9.64. The Morgan fingerprint density at radius 2 is 2.00 bits per heavy atom. The van der Waals surface area contributed by atoms with E-state index in [0.29, 0.717) is 30.4 Å². The molecule has 3 atom stereocenters. The van der Waals surface area contributed by atoms with Crippen LogP contribution in [0.1, 0.15) is 45.6 Å². The molecule has 0 unspecified atom stereocenters. The highest BCUT2D eigenvalue weighted by Crippen LogP contribution is 2.22. The van der Waals surface area contributed by atoms with Gasteiger partial charge in [0.15, 0.2) is 0 Å². The molecule has 1 aromatic rings. The van der Waals surface area contributed by atoms with Crippen molar-refractivity contribution in [2.45, 2.75) is 63.9 Å². The van der Waals surface area contributed by atoms with E-state index in [9.17, 15) is 9.90 Å². The van der Waals surface area contributed by atoms with Crippen molar-refractivity contribution in [3.8, 4) is 0 Å². The van der Waals surface area contributed by atoms with Gasteiger partial charge < -0.3 is 10.4 Å². The standard InChI is InChI=1S/C21H34BrNO2S2/c1-15(2)8-11-27-16(3)12-20(24)19(23-21(25)9-10-26-4)14-17-6-5-7-18(22)13-17/h5-7,13,15-16,19-20,24H,8-12,14H2,1-4H3,(H,23,25)/t16-,19-,20+/m0/s1. The summed E-state index contributed by atoms with van der Waals surface area (Å²) < 4.78 is 1.01. The highest BCUT2D eigenvalue weighted by atomic mass is 79.9. The molecule has 1 rings (SSSR count). The lowest BCUT2D eigenvalue weighted by Gasteiger charge is -2.26. The van der Waals surface area contributed by atoms with E-state index in [0.717, 1.165) is 21.5 Å². The lowest BCUT2D eigenvalue weighted by atomic mass is 9.98. The molecule has 0 aliphatic carbocycles. The molecule has 0 heterocycles. The number of thioether (sulfide) groups is 2. The number of benzene rings is 1. The van der Waals surface area contributed by atoms with Gasteiger partial charge in [0.25, 0.3) is 0 Å². The second-order valence-corrected chi connectivity index (χ2v) is 10.9. The third-order valence-electron chi connectivity index (χ3n) is 4.36. The van der Waals surface area contributed by atoms with E-state index in [2.05, 4.69) is 48.1 Å². The van der Waals surface area contributed by atoms with Gasteiger partial charge in [-0.25, -0.2) is 0 Å². The summed E-state index contributed by atoms with van der Waals surface area (Å²) in [7, 11) is 0. The van der Waals surface area contributed by atoms with Gasteiger partial charge in [0, 0.05) is 21.9 Å². The molecule has 0 radical (unpaired) electrons. The number of carbonyl (C=O) groups excluding carboxylic acids is 1. The van der Waals surface area contributed by atoms with E-state index in [-0.39, 0.29) is 11.9 Å². The first-order valence-corrected chi connectivity index (χ1v) is 12.9. The fourth-order valence-corrected chi connectivity index (χ4v) is 4.93. The van der Waals surface area contributed by atoms with Crippen LogP contribution in [0.15, 0.2) is 28.7 Å². The number of amides is 1. The summed E-state index contributed by atoms with van der Waals surface area (Å²) in [5, 5.41) is 14.3. The Labute approximate surface area is 182 Å². The lowest BCUT2D eigenvalue weighted by Crippen LogP contribution is -2.45. The maximum atomic E-state index is 12.3. The van der Waals surface area contributed by atoms with Gasteiger partial charge in [-0.15, -0.1) is 0 Å². The first-order chi connectivity index (χ1) is 12.8. The topological polar surface area (TPSA) is 49.3 Å². The second-order valence-electron chi connectivity index (χ2n) is 7.42. The quantitative estimate of drug-likeness (QED) is 0.414. The summed E-state index contributed by atoms with van der Waals surface area (Å²) in [6.45, 7) is 6.64. The van der Waals surface area contributed by atoms with E-state index in [1.807, 2.05) is 36.2 Å². The highest BCUT2D eigenvalue weighted by molar-refractivity contribution is 9.10. The number of rotatable bonds is 13. The molecule has 27 heavy (non-hydrogen) atoms. The fraction of sp³-hybridized carbons (Fsp3) is 0.667. The van der Waals surface area contributed by atoms with E-state index in [1.54, 1.807) is 11.8 Å². The second kappa shape index (κ2) is 13.9. The number of carbonyl (C=O) groups is 1. The van der Waals surface area contributed by atoms with Crippen LogP contribution < -0.4 is 5.32 Å². The SMILES string of the molecule is CSCCC(=O)N[C@@H](Cc1cccc(Br)c1)[C@H](O)C[C@H](C)SCCC(C)C. The maximum Gasteiger partial charge on any atom is 0.221 e. The summed E-state index contributed by atoms with van der Waals surface area (Å²) in [5.74, 6) is 2.63. The Morgan fingerprint density at radius 3 is 2.63 bits per heavy atom. The van der Waals surface area contributed by atoms with Crippen molar-refractivity contribution in [3.05, 3.63) is 34.3 Å².